The molecule has 0 saturated carbocycles. The molecule has 0 aliphatic carbocycles. The molecule has 1 unspecified atom stereocenters. The molecule has 1 saturated heterocycles. The molecule has 5 nitrogen and oxygen atoms in total. The second-order valence-corrected chi connectivity index (χ2v) is 6.54. The number of carbonyl (C=O) groups is 2. The van der Waals surface area contributed by atoms with E-state index < -0.39 is 6.04 Å². The van der Waals surface area contributed by atoms with Crippen LogP contribution in [-0.2, 0) is 4.79 Å². The molecule has 0 spiro atoms. The Kier molecular flexibility index (Phi) is 5.47. The average molecular weight is 373 g/mol. The van der Waals surface area contributed by atoms with Crippen LogP contribution in [0.4, 0.5) is 5.69 Å². The Morgan fingerprint density at radius 3 is 2.62 bits per heavy atom. The molecular weight excluding hydrogens is 352 g/mol. The lowest BCUT2D eigenvalue weighted by atomic mass is 10.1. The van der Waals surface area contributed by atoms with E-state index in [1.165, 1.54) is 0 Å². The molecule has 1 aliphatic heterocycles. The lowest BCUT2D eigenvalue weighted by Crippen LogP contribution is -2.57. The first-order chi connectivity index (χ1) is 12.5. The first-order valence-electron chi connectivity index (χ1n) is 8.62. The third-order valence-electron chi connectivity index (χ3n) is 4.45. The normalized spacial score (nSPS) is 17.3. The van der Waals surface area contributed by atoms with Crippen LogP contribution >= 0.6 is 11.6 Å². The molecule has 1 heterocycles. The van der Waals surface area contributed by atoms with E-state index in [0.29, 0.717) is 30.3 Å². The lowest BCUT2D eigenvalue weighted by Gasteiger charge is -2.39. The summed E-state index contributed by atoms with van der Waals surface area (Å²) in [4.78, 5) is 28.9. The van der Waals surface area contributed by atoms with Crippen LogP contribution in [0.3, 0.4) is 0 Å². The minimum absolute atomic E-state index is 0.104. The van der Waals surface area contributed by atoms with Gasteiger partial charge in [-0.1, -0.05) is 17.7 Å². The highest BCUT2D eigenvalue weighted by Gasteiger charge is 2.35. The van der Waals surface area contributed by atoms with Crippen LogP contribution in [0.2, 0.25) is 5.02 Å². The number of hydrogen-bond donors (Lipinski definition) is 0. The first-order valence-corrected chi connectivity index (χ1v) is 9.00. The molecule has 3 rings (SSSR count). The van der Waals surface area contributed by atoms with Crippen molar-refractivity contribution in [1.29, 1.82) is 0 Å². The van der Waals surface area contributed by atoms with Gasteiger partial charge in [-0.3, -0.25) is 9.59 Å². The maximum atomic E-state index is 12.9. The van der Waals surface area contributed by atoms with Crippen LogP contribution in [0.5, 0.6) is 5.75 Å². The number of carbonyl (C=O) groups excluding carboxylic acids is 2. The molecule has 0 radical (unpaired) electrons. The average Bonchev–Trinajstić information content (AvgIpc) is 2.64. The Hall–Kier alpha value is -2.53. The molecule has 2 aromatic carbocycles. The van der Waals surface area contributed by atoms with Crippen LogP contribution in [-0.4, -0.2) is 42.5 Å². The van der Waals surface area contributed by atoms with Gasteiger partial charge in [0.2, 0.25) is 5.91 Å². The third kappa shape index (κ3) is 3.68. The molecule has 6 heteroatoms. The minimum atomic E-state index is -0.539. The molecule has 2 amide bonds. The number of piperazine rings is 1. The highest BCUT2D eigenvalue weighted by Crippen LogP contribution is 2.25. The molecule has 2 aromatic rings. The van der Waals surface area contributed by atoms with Gasteiger partial charge < -0.3 is 14.5 Å². The summed E-state index contributed by atoms with van der Waals surface area (Å²) < 4.78 is 5.51. The lowest BCUT2D eigenvalue weighted by molar-refractivity contribution is -0.124. The maximum absolute atomic E-state index is 12.9. The van der Waals surface area contributed by atoms with Gasteiger partial charge in [-0.05, 0) is 50.2 Å². The van der Waals surface area contributed by atoms with Crippen LogP contribution < -0.4 is 9.64 Å². The summed E-state index contributed by atoms with van der Waals surface area (Å²) in [5.74, 6) is 0.461. The number of nitrogens with zero attached hydrogens (tertiary/aromatic N) is 2. The minimum Gasteiger partial charge on any atom is -0.494 e. The smallest absolute Gasteiger partial charge is 0.254 e. The maximum Gasteiger partial charge on any atom is 0.254 e. The summed E-state index contributed by atoms with van der Waals surface area (Å²) in [6.07, 6.45) is 0. The number of rotatable bonds is 4. The van der Waals surface area contributed by atoms with E-state index in [2.05, 4.69) is 0 Å². The summed E-state index contributed by atoms with van der Waals surface area (Å²) in [5, 5.41) is 0.574. The number of benzene rings is 2. The summed E-state index contributed by atoms with van der Waals surface area (Å²) in [6.45, 7) is 5.15. The number of amides is 2. The van der Waals surface area contributed by atoms with Crippen molar-refractivity contribution in [3.8, 4) is 5.75 Å². The van der Waals surface area contributed by atoms with Crippen molar-refractivity contribution in [3.05, 3.63) is 59.1 Å². The predicted molar refractivity (Wildman–Crippen MR) is 102 cm³/mol. The number of ether oxygens (including phenoxy) is 1. The molecule has 26 heavy (non-hydrogen) atoms. The van der Waals surface area contributed by atoms with Gasteiger partial charge in [-0.2, -0.15) is 0 Å². The van der Waals surface area contributed by atoms with Gasteiger partial charge in [-0.15, -0.1) is 0 Å². The fourth-order valence-corrected chi connectivity index (χ4v) is 3.20. The third-order valence-corrected chi connectivity index (χ3v) is 4.70. The van der Waals surface area contributed by atoms with Crippen molar-refractivity contribution in [2.24, 2.45) is 0 Å². The van der Waals surface area contributed by atoms with E-state index in [0.717, 1.165) is 11.4 Å². The summed E-state index contributed by atoms with van der Waals surface area (Å²) in [7, 11) is 0. The van der Waals surface area contributed by atoms with Crippen LogP contribution in [0, 0.1) is 0 Å². The van der Waals surface area contributed by atoms with Gasteiger partial charge >= 0.3 is 0 Å². The highest BCUT2D eigenvalue weighted by molar-refractivity contribution is 6.30. The molecular formula is C20H21ClN2O3. The van der Waals surface area contributed by atoms with Gasteiger partial charge in [0.15, 0.2) is 0 Å². The Bertz CT molecular complexity index is 807. The van der Waals surface area contributed by atoms with Crippen molar-refractivity contribution in [1.82, 2.24) is 4.90 Å². The van der Waals surface area contributed by atoms with Gasteiger partial charge in [0.05, 0.1) is 6.61 Å². The van der Waals surface area contributed by atoms with E-state index in [-0.39, 0.29) is 11.8 Å². The monoisotopic (exact) mass is 372 g/mol. The molecule has 0 aromatic heterocycles. The largest absolute Gasteiger partial charge is 0.494 e. The van der Waals surface area contributed by atoms with Gasteiger partial charge in [0.25, 0.3) is 5.91 Å². The molecule has 0 bridgehead atoms. The molecule has 0 N–H and O–H groups in total. The van der Waals surface area contributed by atoms with Gasteiger partial charge in [0.1, 0.15) is 11.8 Å². The summed E-state index contributed by atoms with van der Waals surface area (Å²) in [5.41, 5.74) is 1.31. The van der Waals surface area contributed by atoms with Crippen molar-refractivity contribution in [3.63, 3.8) is 0 Å². The Labute approximate surface area is 158 Å². The second kappa shape index (κ2) is 7.79. The fourth-order valence-electron chi connectivity index (χ4n) is 3.07. The Morgan fingerprint density at radius 1 is 1.19 bits per heavy atom. The van der Waals surface area contributed by atoms with Crippen LogP contribution in [0.15, 0.2) is 48.5 Å². The molecule has 1 fully saturated rings. The fraction of sp³-hybridized carbons (Fsp3) is 0.300. The number of halogens is 1. The van der Waals surface area contributed by atoms with Crippen molar-refractivity contribution < 1.29 is 14.3 Å². The standard InChI is InChI=1S/C20H21ClN2O3/c1-3-26-18-6-4-5-17(13-18)23-12-11-22(14(2)19(23)24)20(25)15-7-9-16(21)10-8-15/h4-10,13-14H,3,11-12H2,1-2H3. The Balaban J connectivity index is 1.77. The van der Waals surface area contributed by atoms with Gasteiger partial charge in [0, 0.05) is 35.4 Å². The summed E-state index contributed by atoms with van der Waals surface area (Å²) >= 11 is 5.88. The quantitative estimate of drug-likeness (QED) is 0.823. The van der Waals surface area contributed by atoms with Crippen molar-refractivity contribution in [2.75, 3.05) is 24.6 Å². The predicted octanol–water partition coefficient (Wildman–Crippen LogP) is 3.62. The number of anilines is 1. The van der Waals surface area contributed by atoms with Crippen molar-refractivity contribution >= 4 is 29.1 Å². The van der Waals surface area contributed by atoms with E-state index >= 15 is 0 Å². The zero-order chi connectivity index (χ0) is 18.7. The van der Waals surface area contributed by atoms with Crippen molar-refractivity contribution in [2.45, 2.75) is 19.9 Å². The molecule has 1 atom stereocenters. The van der Waals surface area contributed by atoms with E-state index in [9.17, 15) is 9.59 Å². The zero-order valence-electron chi connectivity index (χ0n) is 14.8. The van der Waals surface area contributed by atoms with Gasteiger partial charge in [-0.25, -0.2) is 0 Å². The van der Waals surface area contributed by atoms with E-state index in [1.54, 1.807) is 41.0 Å². The SMILES string of the molecule is CCOc1cccc(N2CCN(C(=O)c3ccc(Cl)cc3)C(C)C2=O)c1. The topological polar surface area (TPSA) is 49.9 Å². The van der Waals surface area contributed by atoms with E-state index in [1.807, 2.05) is 31.2 Å². The zero-order valence-corrected chi connectivity index (χ0v) is 15.6. The van der Waals surface area contributed by atoms with E-state index in [4.69, 9.17) is 16.3 Å². The molecule has 1 aliphatic rings. The van der Waals surface area contributed by atoms with Crippen LogP contribution in [0.1, 0.15) is 24.2 Å². The Morgan fingerprint density at radius 2 is 1.92 bits per heavy atom. The summed E-state index contributed by atoms with van der Waals surface area (Å²) in [6, 6.07) is 13.6. The molecule has 136 valence electrons. The highest BCUT2D eigenvalue weighted by atomic mass is 35.5. The van der Waals surface area contributed by atoms with Crippen LogP contribution in [0.25, 0.3) is 0 Å². The number of hydrogen-bond acceptors (Lipinski definition) is 3. The first kappa shape index (κ1) is 18.3. The second-order valence-electron chi connectivity index (χ2n) is 6.10.